The lowest BCUT2D eigenvalue weighted by atomic mass is 9.97. The molecule has 0 fully saturated rings. The number of aliphatic hydroxyl groups is 1. The highest BCUT2D eigenvalue weighted by Crippen LogP contribution is 2.37. The van der Waals surface area contributed by atoms with Crippen molar-refractivity contribution in [2.24, 2.45) is 7.05 Å². The van der Waals surface area contributed by atoms with Crippen molar-refractivity contribution in [1.82, 2.24) is 29.5 Å². The van der Waals surface area contributed by atoms with Crippen LogP contribution in [0.2, 0.25) is 0 Å². The summed E-state index contributed by atoms with van der Waals surface area (Å²) in [6.45, 7) is 7.45. The molecule has 4 rings (SSSR count). The Morgan fingerprint density at radius 1 is 1.14 bits per heavy atom. The molecule has 0 atom stereocenters. The third kappa shape index (κ3) is 4.85. The zero-order chi connectivity index (χ0) is 25.3. The number of hydrogen-bond donors (Lipinski definition) is 2. The van der Waals surface area contributed by atoms with Crippen LogP contribution in [0.5, 0.6) is 5.75 Å². The fraction of sp³-hybridized carbons (Fsp3) is 0.320. The lowest BCUT2D eigenvalue weighted by Crippen LogP contribution is -2.22. The fourth-order valence-corrected chi connectivity index (χ4v) is 3.97. The number of nitrogens with zero attached hydrogens (tertiary/aromatic N) is 7. The van der Waals surface area contributed by atoms with Crippen molar-refractivity contribution in [3.8, 4) is 28.9 Å². The molecule has 2 N–H and O–H groups in total. The van der Waals surface area contributed by atoms with Crippen LogP contribution in [0.4, 0.5) is 11.6 Å². The molecule has 0 unspecified atom stereocenters. The average molecular weight is 473 g/mol. The molecule has 0 aliphatic heterocycles. The molecule has 0 saturated heterocycles. The first-order chi connectivity index (χ1) is 16.6. The first-order valence-electron chi connectivity index (χ1n) is 11.1. The summed E-state index contributed by atoms with van der Waals surface area (Å²) in [4.78, 5) is 8.77. The van der Waals surface area contributed by atoms with Crippen molar-refractivity contribution < 1.29 is 9.84 Å². The summed E-state index contributed by atoms with van der Waals surface area (Å²) in [6, 6.07) is 11.1. The van der Waals surface area contributed by atoms with Crippen LogP contribution in [0, 0.1) is 25.2 Å². The predicted octanol–water partition coefficient (Wildman–Crippen LogP) is 3.62. The summed E-state index contributed by atoms with van der Waals surface area (Å²) in [5.41, 5.74) is 3.95. The van der Waals surface area contributed by atoms with Crippen molar-refractivity contribution in [1.29, 1.82) is 5.26 Å². The van der Waals surface area contributed by atoms with Crippen molar-refractivity contribution in [3.05, 3.63) is 59.2 Å². The van der Waals surface area contributed by atoms with Gasteiger partial charge >= 0.3 is 0 Å². The van der Waals surface area contributed by atoms with Gasteiger partial charge in [-0.3, -0.25) is 0 Å². The van der Waals surface area contributed by atoms with E-state index in [4.69, 9.17) is 10.00 Å². The Morgan fingerprint density at radius 2 is 1.86 bits per heavy atom. The van der Waals surface area contributed by atoms with E-state index in [1.54, 1.807) is 48.5 Å². The minimum absolute atomic E-state index is 0.491. The number of anilines is 2. The second-order valence-corrected chi connectivity index (χ2v) is 8.98. The van der Waals surface area contributed by atoms with E-state index < -0.39 is 5.60 Å². The van der Waals surface area contributed by atoms with Crippen LogP contribution >= 0.6 is 0 Å². The first-order valence-corrected chi connectivity index (χ1v) is 11.1. The van der Waals surface area contributed by atoms with Crippen LogP contribution in [-0.4, -0.2) is 47.3 Å². The number of methoxy groups -OCH3 is 1. The molecule has 0 aliphatic rings. The van der Waals surface area contributed by atoms with Crippen molar-refractivity contribution in [3.63, 3.8) is 0 Å². The van der Waals surface area contributed by atoms with E-state index >= 15 is 0 Å². The highest BCUT2D eigenvalue weighted by Gasteiger charge is 2.22. The molecule has 180 valence electrons. The van der Waals surface area contributed by atoms with E-state index in [1.165, 1.54) is 6.33 Å². The largest absolute Gasteiger partial charge is 0.491 e. The Morgan fingerprint density at radius 3 is 2.49 bits per heavy atom. The smallest absolute Gasteiger partial charge is 0.189 e. The molecule has 3 aromatic heterocycles. The minimum Gasteiger partial charge on any atom is -0.491 e. The summed E-state index contributed by atoms with van der Waals surface area (Å²) < 4.78 is 9.12. The van der Waals surface area contributed by atoms with E-state index in [1.807, 2.05) is 33.0 Å². The summed E-state index contributed by atoms with van der Waals surface area (Å²) >= 11 is 0. The number of rotatable bonds is 7. The number of nitrogens with one attached hydrogen (secondary N) is 1. The van der Waals surface area contributed by atoms with Gasteiger partial charge in [0.05, 0.1) is 30.0 Å². The molecule has 4 aromatic rings. The normalized spacial score (nSPS) is 11.4. The molecular formula is C25H28N8O2. The Kier molecular flexibility index (Phi) is 6.28. The van der Waals surface area contributed by atoms with E-state index in [0.29, 0.717) is 40.9 Å². The van der Waals surface area contributed by atoms with Gasteiger partial charge < -0.3 is 15.2 Å². The van der Waals surface area contributed by atoms with Crippen molar-refractivity contribution in [2.75, 3.05) is 12.4 Å². The van der Waals surface area contributed by atoms with E-state index in [-0.39, 0.29) is 0 Å². The molecule has 10 heteroatoms. The Balaban J connectivity index is 1.68. The van der Waals surface area contributed by atoms with Crippen molar-refractivity contribution >= 4 is 11.6 Å². The van der Waals surface area contributed by atoms with Crippen LogP contribution in [0.3, 0.4) is 0 Å². The number of hydrogen-bond acceptors (Lipinski definition) is 8. The van der Waals surface area contributed by atoms with Gasteiger partial charge in [0.25, 0.3) is 0 Å². The van der Waals surface area contributed by atoms with Gasteiger partial charge in [0.1, 0.15) is 17.8 Å². The van der Waals surface area contributed by atoms with Crippen LogP contribution in [0.25, 0.3) is 17.1 Å². The van der Waals surface area contributed by atoms with Crippen LogP contribution < -0.4 is 10.1 Å². The topological polar surface area (TPSA) is 127 Å². The molecule has 0 spiro atoms. The Hall–Kier alpha value is -4.23. The molecular weight excluding hydrogens is 444 g/mol. The molecule has 1 aromatic carbocycles. The number of aryl methyl sites for hydroxylation is 2. The maximum absolute atomic E-state index is 10.3. The maximum Gasteiger partial charge on any atom is 0.189 e. The van der Waals surface area contributed by atoms with Gasteiger partial charge in [0.2, 0.25) is 0 Å². The monoisotopic (exact) mass is 472 g/mol. The minimum atomic E-state index is -0.843. The van der Waals surface area contributed by atoms with Gasteiger partial charge in [-0.1, -0.05) is 12.1 Å². The summed E-state index contributed by atoms with van der Waals surface area (Å²) in [7, 11) is 3.39. The lowest BCUT2D eigenvalue weighted by molar-refractivity contribution is 0.0806. The van der Waals surface area contributed by atoms with E-state index in [2.05, 4.69) is 31.6 Å². The highest BCUT2D eigenvalue weighted by molar-refractivity contribution is 5.76. The van der Waals surface area contributed by atoms with Gasteiger partial charge in [0.15, 0.2) is 17.4 Å². The third-order valence-corrected chi connectivity index (χ3v) is 5.66. The molecule has 0 radical (unpaired) electrons. The van der Waals surface area contributed by atoms with E-state index in [9.17, 15) is 5.11 Å². The Labute approximate surface area is 203 Å². The molecule has 0 saturated carbocycles. The van der Waals surface area contributed by atoms with Gasteiger partial charge in [0, 0.05) is 30.8 Å². The summed E-state index contributed by atoms with van der Waals surface area (Å²) in [6.07, 6.45) is 1.96. The quantitative estimate of drug-likeness (QED) is 0.418. The summed E-state index contributed by atoms with van der Waals surface area (Å²) in [5, 5.41) is 31.9. The second kappa shape index (κ2) is 9.19. The zero-order valence-corrected chi connectivity index (χ0v) is 20.7. The molecule has 0 bridgehead atoms. The van der Waals surface area contributed by atoms with Crippen molar-refractivity contribution in [2.45, 2.75) is 39.7 Å². The SMILES string of the molecule is COc1c(-c2ccc(C#N)cc2)nn(C)c1Nc1cc(-n2nc(C)c(CC(C)(C)O)c2C)ncn1. The number of nitriles is 1. The average Bonchev–Trinajstić information content (AvgIpc) is 3.29. The summed E-state index contributed by atoms with van der Waals surface area (Å²) in [5.74, 6) is 2.31. The molecule has 35 heavy (non-hydrogen) atoms. The third-order valence-electron chi connectivity index (χ3n) is 5.66. The first kappa shape index (κ1) is 23.9. The highest BCUT2D eigenvalue weighted by atomic mass is 16.5. The number of aromatic nitrogens is 6. The Bertz CT molecular complexity index is 1410. The van der Waals surface area contributed by atoms with Gasteiger partial charge in [-0.2, -0.15) is 15.5 Å². The number of ether oxygens (including phenoxy) is 1. The lowest BCUT2D eigenvalue weighted by Gasteiger charge is -2.17. The molecule has 0 amide bonds. The van der Waals surface area contributed by atoms with Crippen LogP contribution in [-0.2, 0) is 13.5 Å². The maximum atomic E-state index is 10.3. The zero-order valence-electron chi connectivity index (χ0n) is 20.7. The van der Waals surface area contributed by atoms with Crippen LogP contribution in [0.15, 0.2) is 36.7 Å². The second-order valence-electron chi connectivity index (χ2n) is 8.98. The molecule has 3 heterocycles. The predicted molar refractivity (Wildman–Crippen MR) is 132 cm³/mol. The van der Waals surface area contributed by atoms with Crippen LogP contribution in [0.1, 0.15) is 36.4 Å². The van der Waals surface area contributed by atoms with Gasteiger partial charge in [-0.25, -0.2) is 19.3 Å². The molecule has 10 nitrogen and oxygen atoms in total. The fourth-order valence-electron chi connectivity index (χ4n) is 3.97. The molecule has 0 aliphatic carbocycles. The van der Waals surface area contributed by atoms with Gasteiger partial charge in [-0.15, -0.1) is 0 Å². The number of benzene rings is 1. The van der Waals surface area contributed by atoms with Gasteiger partial charge in [-0.05, 0) is 45.4 Å². The standard InChI is InChI=1S/C25H28N8O2/c1-15-19(12-25(3,4)34)16(2)33(30-15)21-11-20(27-14-28-21)29-24-23(35-6)22(31-32(24)5)18-9-7-17(13-26)8-10-18/h7-11,14,34H,12H2,1-6H3,(H,27,28,29). The van der Waals surface area contributed by atoms with E-state index in [0.717, 1.165) is 22.5 Å².